The number of nitrogens with one attached hydrogen (secondary N) is 1. The molecule has 0 aromatic carbocycles. The van der Waals surface area contributed by atoms with Crippen LogP contribution in [0, 0.1) is 5.92 Å². The number of carbonyl (C=O) groups excluding carboxylic acids is 1. The van der Waals surface area contributed by atoms with Crippen LogP contribution < -0.4 is 10.2 Å². The first kappa shape index (κ1) is 14.2. The van der Waals surface area contributed by atoms with Crippen molar-refractivity contribution in [1.82, 2.24) is 20.4 Å². The molecule has 0 unspecified atom stereocenters. The van der Waals surface area contributed by atoms with Gasteiger partial charge in [0.2, 0.25) is 0 Å². The van der Waals surface area contributed by atoms with E-state index in [1.165, 1.54) is 0 Å². The van der Waals surface area contributed by atoms with E-state index in [9.17, 15) is 4.79 Å². The maximum Gasteiger partial charge on any atom is 0.273 e. The van der Waals surface area contributed by atoms with Crippen LogP contribution in [0.15, 0.2) is 29.2 Å². The Balaban J connectivity index is 1.40. The highest BCUT2D eigenvalue weighted by atomic mass is 16.5. The zero-order chi connectivity index (χ0) is 15.8. The Morgan fingerprint density at radius 1 is 1.39 bits per heavy atom. The lowest BCUT2D eigenvalue weighted by Crippen LogP contribution is -2.40. The van der Waals surface area contributed by atoms with Crippen LogP contribution >= 0.6 is 0 Å². The summed E-state index contributed by atoms with van der Waals surface area (Å²) in [5.41, 5.74) is 0.375. The van der Waals surface area contributed by atoms with Crippen LogP contribution in [0.2, 0.25) is 0 Å². The van der Waals surface area contributed by atoms with E-state index in [1.54, 1.807) is 18.6 Å². The second-order valence-corrected chi connectivity index (χ2v) is 6.42. The molecule has 1 aliphatic carbocycles. The van der Waals surface area contributed by atoms with Crippen molar-refractivity contribution in [3.8, 4) is 0 Å². The van der Waals surface area contributed by atoms with Crippen molar-refractivity contribution < 1.29 is 9.32 Å². The summed E-state index contributed by atoms with van der Waals surface area (Å²) in [6.45, 7) is 3.72. The summed E-state index contributed by atoms with van der Waals surface area (Å²) < 4.78 is 5.25. The Morgan fingerprint density at radius 3 is 3.00 bits per heavy atom. The van der Waals surface area contributed by atoms with Crippen molar-refractivity contribution in [2.24, 2.45) is 5.92 Å². The van der Waals surface area contributed by atoms with Gasteiger partial charge in [0.05, 0.1) is 6.04 Å². The van der Waals surface area contributed by atoms with E-state index >= 15 is 0 Å². The zero-order valence-electron chi connectivity index (χ0n) is 13.0. The number of amides is 1. The molecule has 0 radical (unpaired) electrons. The lowest BCUT2D eigenvalue weighted by atomic mass is 10.1. The average Bonchev–Trinajstić information content (AvgIpc) is 3.18. The van der Waals surface area contributed by atoms with Gasteiger partial charge in [0, 0.05) is 31.3 Å². The molecule has 4 rings (SSSR count). The van der Waals surface area contributed by atoms with Crippen LogP contribution in [0.5, 0.6) is 0 Å². The first-order chi connectivity index (χ1) is 11.2. The van der Waals surface area contributed by atoms with E-state index in [2.05, 4.69) is 32.3 Å². The monoisotopic (exact) mass is 313 g/mol. The molecule has 0 bridgehead atoms. The molecule has 2 aromatic rings. The van der Waals surface area contributed by atoms with E-state index in [-0.39, 0.29) is 11.9 Å². The minimum Gasteiger partial charge on any atom is -0.360 e. The average molecular weight is 313 g/mol. The molecule has 1 saturated heterocycles. The van der Waals surface area contributed by atoms with Gasteiger partial charge >= 0.3 is 0 Å². The summed E-state index contributed by atoms with van der Waals surface area (Å²) in [6.07, 6.45) is 5.53. The van der Waals surface area contributed by atoms with Crippen molar-refractivity contribution >= 4 is 11.7 Å². The van der Waals surface area contributed by atoms with Gasteiger partial charge in [-0.15, -0.1) is 0 Å². The maximum atomic E-state index is 12.4. The molecule has 7 nitrogen and oxygen atoms in total. The van der Waals surface area contributed by atoms with Crippen LogP contribution in [0.4, 0.5) is 5.82 Å². The number of anilines is 1. The maximum absolute atomic E-state index is 12.4. The second kappa shape index (κ2) is 5.64. The molecule has 7 heteroatoms. The van der Waals surface area contributed by atoms with Gasteiger partial charge in [0.25, 0.3) is 5.91 Å². The number of hydrogen-bond donors (Lipinski definition) is 1. The third kappa shape index (κ3) is 2.91. The molecule has 23 heavy (non-hydrogen) atoms. The first-order valence-electron chi connectivity index (χ1n) is 7.99. The standard InChI is InChI=1S/C16H19N5O2/c1-10-7-21(15-4-5-17-9-18-15)8-13(10)19-16(22)12-6-14(23-20-12)11-2-3-11/h4-6,9-11,13H,2-3,7-8H2,1H3,(H,19,22)/t10-,13-/m1/s1. The highest BCUT2D eigenvalue weighted by molar-refractivity contribution is 5.92. The molecule has 120 valence electrons. The highest BCUT2D eigenvalue weighted by Gasteiger charge is 2.33. The fraction of sp³-hybridized carbons (Fsp3) is 0.500. The third-order valence-corrected chi connectivity index (χ3v) is 4.56. The summed E-state index contributed by atoms with van der Waals surface area (Å²) in [4.78, 5) is 22.7. The van der Waals surface area contributed by atoms with Gasteiger partial charge in [-0.25, -0.2) is 9.97 Å². The first-order valence-corrected chi connectivity index (χ1v) is 7.99. The Labute approximate surface area is 134 Å². The van der Waals surface area contributed by atoms with E-state index in [0.717, 1.165) is 37.5 Å². The summed E-state index contributed by atoms with van der Waals surface area (Å²) >= 11 is 0. The van der Waals surface area contributed by atoms with Crippen molar-refractivity contribution in [3.63, 3.8) is 0 Å². The van der Waals surface area contributed by atoms with Crippen molar-refractivity contribution in [2.45, 2.75) is 31.7 Å². The predicted molar refractivity (Wildman–Crippen MR) is 83.1 cm³/mol. The molecular formula is C16H19N5O2. The lowest BCUT2D eigenvalue weighted by molar-refractivity contribution is 0.0924. The highest BCUT2D eigenvalue weighted by Crippen LogP contribution is 2.40. The lowest BCUT2D eigenvalue weighted by Gasteiger charge is -2.17. The van der Waals surface area contributed by atoms with Crippen molar-refractivity contribution in [1.29, 1.82) is 0 Å². The van der Waals surface area contributed by atoms with Gasteiger partial charge in [-0.1, -0.05) is 12.1 Å². The van der Waals surface area contributed by atoms with E-state index in [0.29, 0.717) is 17.5 Å². The molecule has 1 amide bonds. The number of nitrogens with zero attached hydrogens (tertiary/aromatic N) is 4. The normalized spacial score (nSPS) is 24.0. The smallest absolute Gasteiger partial charge is 0.273 e. The quantitative estimate of drug-likeness (QED) is 0.923. The molecule has 1 saturated carbocycles. The number of carbonyl (C=O) groups is 1. The molecule has 3 heterocycles. The molecule has 1 N–H and O–H groups in total. The zero-order valence-corrected chi connectivity index (χ0v) is 13.0. The largest absolute Gasteiger partial charge is 0.360 e. The number of aromatic nitrogens is 3. The van der Waals surface area contributed by atoms with Crippen LogP contribution in [0.3, 0.4) is 0 Å². The van der Waals surface area contributed by atoms with Gasteiger partial charge in [-0.2, -0.15) is 0 Å². The molecule has 2 aromatic heterocycles. The second-order valence-electron chi connectivity index (χ2n) is 6.42. The van der Waals surface area contributed by atoms with Gasteiger partial charge in [-0.05, 0) is 24.8 Å². The van der Waals surface area contributed by atoms with Crippen LogP contribution in [-0.4, -0.2) is 40.2 Å². The van der Waals surface area contributed by atoms with Gasteiger partial charge in [0.15, 0.2) is 5.69 Å². The molecule has 1 aliphatic heterocycles. The van der Waals surface area contributed by atoms with Gasteiger partial charge in [-0.3, -0.25) is 4.79 Å². The third-order valence-electron chi connectivity index (χ3n) is 4.56. The van der Waals surface area contributed by atoms with E-state index in [4.69, 9.17) is 4.52 Å². The van der Waals surface area contributed by atoms with Gasteiger partial charge < -0.3 is 14.7 Å². The fourth-order valence-electron chi connectivity index (χ4n) is 3.01. The van der Waals surface area contributed by atoms with Crippen molar-refractivity contribution in [2.75, 3.05) is 18.0 Å². The number of rotatable bonds is 4. The Morgan fingerprint density at radius 2 is 2.26 bits per heavy atom. The Bertz CT molecular complexity index is 698. The summed E-state index contributed by atoms with van der Waals surface area (Å²) in [5, 5.41) is 6.97. The van der Waals surface area contributed by atoms with Crippen molar-refractivity contribution in [3.05, 3.63) is 36.1 Å². The van der Waals surface area contributed by atoms with Crippen LogP contribution in [0.25, 0.3) is 0 Å². The van der Waals surface area contributed by atoms with Gasteiger partial charge in [0.1, 0.15) is 17.9 Å². The summed E-state index contributed by atoms with van der Waals surface area (Å²) in [7, 11) is 0. The fourth-order valence-corrected chi connectivity index (χ4v) is 3.01. The van der Waals surface area contributed by atoms with Crippen LogP contribution in [0.1, 0.15) is 41.9 Å². The Hall–Kier alpha value is -2.44. The number of hydrogen-bond acceptors (Lipinski definition) is 6. The molecule has 0 spiro atoms. The molecular weight excluding hydrogens is 294 g/mol. The van der Waals surface area contributed by atoms with E-state index < -0.39 is 0 Å². The minimum absolute atomic E-state index is 0.0681. The molecule has 2 aliphatic rings. The topological polar surface area (TPSA) is 84.2 Å². The molecule has 2 atom stereocenters. The molecule has 2 fully saturated rings. The Kier molecular flexibility index (Phi) is 3.48. The summed E-state index contributed by atoms with van der Waals surface area (Å²) in [6, 6.07) is 3.73. The summed E-state index contributed by atoms with van der Waals surface area (Å²) in [5.74, 6) is 2.35. The van der Waals surface area contributed by atoms with Crippen LogP contribution in [-0.2, 0) is 0 Å². The minimum atomic E-state index is -0.165. The predicted octanol–water partition coefficient (Wildman–Crippen LogP) is 1.60. The SMILES string of the molecule is C[C@@H]1CN(c2ccncn2)C[C@H]1NC(=O)c1cc(C2CC2)on1. The van der Waals surface area contributed by atoms with E-state index in [1.807, 2.05) is 6.07 Å².